The minimum Gasteiger partial charge on any atom is -0.482 e. The molecule has 188 valence electrons. The van der Waals surface area contributed by atoms with Gasteiger partial charge in [0.25, 0.3) is 5.91 Å². The third-order valence-corrected chi connectivity index (χ3v) is 7.53. The predicted octanol–water partition coefficient (Wildman–Crippen LogP) is 5.39. The number of thiazole rings is 1. The van der Waals surface area contributed by atoms with Crippen molar-refractivity contribution in [3.05, 3.63) is 70.5 Å². The number of thiophene rings is 1. The zero-order valence-electron chi connectivity index (χ0n) is 20.1. The van der Waals surface area contributed by atoms with Crippen molar-refractivity contribution in [3.8, 4) is 27.4 Å². The number of nitrogens with zero attached hydrogens (tertiary/aromatic N) is 2. The van der Waals surface area contributed by atoms with Gasteiger partial charge in [0.1, 0.15) is 17.3 Å². The summed E-state index contributed by atoms with van der Waals surface area (Å²) >= 11 is 2.81. The van der Waals surface area contributed by atoms with Crippen LogP contribution in [0.5, 0.6) is 5.75 Å². The molecule has 0 aliphatic carbocycles. The summed E-state index contributed by atoms with van der Waals surface area (Å²) in [6, 6.07) is 16.7. The van der Waals surface area contributed by atoms with Crippen molar-refractivity contribution in [2.24, 2.45) is 0 Å². The fourth-order valence-corrected chi connectivity index (χ4v) is 5.62. The van der Waals surface area contributed by atoms with Crippen molar-refractivity contribution in [2.45, 2.75) is 13.8 Å². The number of amides is 2. The Morgan fingerprint density at radius 1 is 1.14 bits per heavy atom. The van der Waals surface area contributed by atoms with E-state index in [-0.39, 0.29) is 31.2 Å². The highest BCUT2D eigenvalue weighted by atomic mass is 32.1. The Morgan fingerprint density at radius 3 is 2.68 bits per heavy atom. The van der Waals surface area contributed by atoms with Gasteiger partial charge < -0.3 is 14.8 Å². The quantitative estimate of drug-likeness (QED) is 0.320. The van der Waals surface area contributed by atoms with Crippen LogP contribution < -0.4 is 15.0 Å². The molecule has 3 heterocycles. The second-order valence-corrected chi connectivity index (χ2v) is 10.3. The normalized spacial score (nSPS) is 12.6. The summed E-state index contributed by atoms with van der Waals surface area (Å²) in [5.74, 6) is -0.788. The lowest BCUT2D eigenvalue weighted by atomic mass is 10.1. The van der Waals surface area contributed by atoms with Crippen LogP contribution in [0.15, 0.2) is 60.0 Å². The largest absolute Gasteiger partial charge is 0.482 e. The number of fused-ring (bicyclic) bond motifs is 1. The van der Waals surface area contributed by atoms with Crippen molar-refractivity contribution < 1.29 is 23.9 Å². The number of aromatic nitrogens is 1. The number of benzene rings is 2. The Hall–Kier alpha value is -4.02. The summed E-state index contributed by atoms with van der Waals surface area (Å²) in [5, 5.41) is 6.06. The number of nitrogens with one attached hydrogen (secondary N) is 1. The number of carbonyl (C=O) groups is 3. The van der Waals surface area contributed by atoms with Crippen LogP contribution in [-0.2, 0) is 14.3 Å². The summed E-state index contributed by atoms with van der Waals surface area (Å²) in [5.41, 5.74) is 3.30. The van der Waals surface area contributed by atoms with Gasteiger partial charge >= 0.3 is 5.97 Å². The molecule has 5 rings (SSSR count). The first-order chi connectivity index (χ1) is 17.9. The molecule has 8 nitrogen and oxygen atoms in total. The van der Waals surface area contributed by atoms with Gasteiger partial charge in [-0.05, 0) is 43.7 Å². The van der Waals surface area contributed by atoms with Crippen molar-refractivity contribution >= 4 is 51.1 Å². The highest BCUT2D eigenvalue weighted by Gasteiger charge is 2.29. The van der Waals surface area contributed by atoms with Gasteiger partial charge in [-0.3, -0.25) is 14.5 Å². The van der Waals surface area contributed by atoms with Gasteiger partial charge in [-0.15, -0.1) is 22.7 Å². The molecule has 4 aromatic rings. The van der Waals surface area contributed by atoms with Gasteiger partial charge in [-0.1, -0.05) is 30.3 Å². The van der Waals surface area contributed by atoms with Crippen LogP contribution in [0.4, 0.5) is 10.7 Å². The van der Waals surface area contributed by atoms with Gasteiger partial charge in [-0.2, -0.15) is 0 Å². The van der Waals surface area contributed by atoms with E-state index in [1.165, 1.54) is 27.6 Å². The first-order valence-electron chi connectivity index (χ1n) is 11.6. The maximum absolute atomic E-state index is 13.2. The van der Waals surface area contributed by atoms with E-state index in [1.807, 2.05) is 48.7 Å². The van der Waals surface area contributed by atoms with E-state index in [2.05, 4.69) is 10.3 Å². The lowest BCUT2D eigenvalue weighted by Crippen LogP contribution is -2.43. The minimum absolute atomic E-state index is 0.166. The molecular weight excluding hydrogens is 510 g/mol. The van der Waals surface area contributed by atoms with Gasteiger partial charge in [0.15, 0.2) is 6.61 Å². The van der Waals surface area contributed by atoms with Crippen LogP contribution in [0, 0.1) is 6.92 Å². The minimum atomic E-state index is -0.521. The number of aryl methyl sites for hydroxylation is 1. The SMILES string of the molecule is CCOC(=O)c1cc(-c2ccccc2)sc1NC(=O)CN1C(=O)COc2ccc(-c3csc(C)n3)cc21. The van der Waals surface area contributed by atoms with E-state index in [0.29, 0.717) is 16.4 Å². The highest BCUT2D eigenvalue weighted by molar-refractivity contribution is 7.20. The number of carbonyl (C=O) groups excluding carboxylic acids is 3. The summed E-state index contributed by atoms with van der Waals surface area (Å²) in [6.07, 6.45) is 0. The monoisotopic (exact) mass is 533 g/mol. The van der Waals surface area contributed by atoms with E-state index in [1.54, 1.807) is 25.1 Å². The predicted molar refractivity (Wildman–Crippen MR) is 144 cm³/mol. The number of hydrogen-bond donors (Lipinski definition) is 1. The van der Waals surface area contributed by atoms with Crippen molar-refractivity contribution in [1.29, 1.82) is 0 Å². The molecular formula is C27H23N3O5S2. The van der Waals surface area contributed by atoms with E-state index in [9.17, 15) is 14.4 Å². The highest BCUT2D eigenvalue weighted by Crippen LogP contribution is 2.38. The van der Waals surface area contributed by atoms with Crippen LogP contribution in [0.2, 0.25) is 0 Å². The molecule has 0 radical (unpaired) electrons. The lowest BCUT2D eigenvalue weighted by molar-refractivity contribution is -0.123. The van der Waals surface area contributed by atoms with E-state index >= 15 is 0 Å². The molecule has 0 saturated heterocycles. The average Bonchev–Trinajstić information content (AvgIpc) is 3.52. The maximum atomic E-state index is 13.2. The summed E-state index contributed by atoms with van der Waals surface area (Å²) in [7, 11) is 0. The number of rotatable bonds is 7. The average molecular weight is 534 g/mol. The number of ether oxygens (including phenoxy) is 2. The van der Waals surface area contributed by atoms with Crippen LogP contribution in [0.25, 0.3) is 21.7 Å². The molecule has 0 spiro atoms. The molecule has 0 unspecified atom stereocenters. The standard InChI is InChI=1S/C27H23N3O5S2/c1-3-34-27(33)19-12-23(17-7-5-4-6-8-17)37-26(19)29-24(31)13-30-21-11-18(20-15-36-16(2)28-20)9-10-22(21)35-14-25(30)32/h4-12,15H,3,13-14H2,1-2H3,(H,29,31). The Labute approximate surface area is 221 Å². The molecule has 37 heavy (non-hydrogen) atoms. The number of esters is 1. The van der Waals surface area contributed by atoms with Crippen LogP contribution in [0.1, 0.15) is 22.3 Å². The van der Waals surface area contributed by atoms with E-state index in [4.69, 9.17) is 9.47 Å². The smallest absolute Gasteiger partial charge is 0.341 e. The summed E-state index contributed by atoms with van der Waals surface area (Å²) in [6.45, 7) is 3.45. The molecule has 1 aliphatic rings. The molecule has 0 bridgehead atoms. The van der Waals surface area contributed by atoms with Gasteiger partial charge in [0.2, 0.25) is 5.91 Å². The molecule has 1 aliphatic heterocycles. The molecule has 1 N–H and O–H groups in total. The molecule has 2 amide bonds. The summed E-state index contributed by atoms with van der Waals surface area (Å²) in [4.78, 5) is 45.3. The first-order valence-corrected chi connectivity index (χ1v) is 13.3. The second-order valence-electron chi connectivity index (χ2n) is 8.19. The first kappa shape index (κ1) is 24.7. The molecule has 0 atom stereocenters. The van der Waals surface area contributed by atoms with Crippen molar-refractivity contribution in [2.75, 3.05) is 30.0 Å². The van der Waals surface area contributed by atoms with E-state index in [0.717, 1.165) is 26.7 Å². The van der Waals surface area contributed by atoms with E-state index < -0.39 is 11.9 Å². The second kappa shape index (κ2) is 10.5. The fraction of sp³-hybridized carbons (Fsp3) is 0.185. The summed E-state index contributed by atoms with van der Waals surface area (Å²) < 4.78 is 10.8. The Morgan fingerprint density at radius 2 is 1.95 bits per heavy atom. The zero-order valence-corrected chi connectivity index (χ0v) is 21.8. The molecule has 0 fully saturated rings. The third kappa shape index (κ3) is 5.25. The van der Waals surface area contributed by atoms with Crippen LogP contribution in [0.3, 0.4) is 0 Å². The number of anilines is 2. The Kier molecular flexibility index (Phi) is 7.02. The third-order valence-electron chi connectivity index (χ3n) is 5.66. The van der Waals surface area contributed by atoms with Gasteiger partial charge in [0.05, 0.1) is 28.6 Å². The van der Waals surface area contributed by atoms with Gasteiger partial charge in [0, 0.05) is 15.8 Å². The van der Waals surface area contributed by atoms with Crippen molar-refractivity contribution in [1.82, 2.24) is 4.98 Å². The Balaban J connectivity index is 1.41. The molecule has 2 aromatic carbocycles. The van der Waals surface area contributed by atoms with Gasteiger partial charge in [-0.25, -0.2) is 9.78 Å². The lowest BCUT2D eigenvalue weighted by Gasteiger charge is -2.29. The van der Waals surface area contributed by atoms with Crippen molar-refractivity contribution in [3.63, 3.8) is 0 Å². The Bertz CT molecular complexity index is 1480. The molecule has 10 heteroatoms. The van der Waals surface area contributed by atoms with Crippen LogP contribution >= 0.6 is 22.7 Å². The van der Waals surface area contributed by atoms with Crippen LogP contribution in [-0.4, -0.2) is 42.5 Å². The molecule has 2 aromatic heterocycles. The fourth-order valence-electron chi connectivity index (χ4n) is 3.93. The topological polar surface area (TPSA) is 97.8 Å². The maximum Gasteiger partial charge on any atom is 0.341 e. The number of hydrogen-bond acceptors (Lipinski definition) is 8. The zero-order chi connectivity index (χ0) is 25.9. The molecule has 0 saturated carbocycles.